The van der Waals surface area contributed by atoms with Gasteiger partial charge in [0.05, 0.1) is 0 Å². The first kappa shape index (κ1) is 13.3. The molecule has 6 heteroatoms. The number of carbonyl (C=O) groups is 2. The summed E-state index contributed by atoms with van der Waals surface area (Å²) in [4.78, 5) is 26.7. The molecule has 3 amide bonds. The van der Waals surface area contributed by atoms with Gasteiger partial charge in [0, 0.05) is 38.0 Å². The third-order valence-corrected chi connectivity index (χ3v) is 3.00. The standard InChI is InChI=1S/C10H18ClN3O2/c1-8-7-14(6-5-13(8)2)10(16)12-9(15)3-4-11/h8H,3-7H2,1-2H3,(H,12,15,16). The number of amides is 3. The number of piperazine rings is 1. The normalized spacial score (nSPS) is 21.9. The number of hydrogen-bond acceptors (Lipinski definition) is 3. The molecule has 0 aliphatic carbocycles. The molecule has 0 aromatic carbocycles. The third-order valence-electron chi connectivity index (χ3n) is 2.81. The fourth-order valence-corrected chi connectivity index (χ4v) is 1.75. The number of hydrogen-bond donors (Lipinski definition) is 1. The number of imide groups is 1. The number of halogens is 1. The third kappa shape index (κ3) is 3.64. The van der Waals surface area contributed by atoms with Crippen molar-refractivity contribution in [1.29, 1.82) is 0 Å². The van der Waals surface area contributed by atoms with Gasteiger partial charge in [-0.15, -0.1) is 11.6 Å². The maximum Gasteiger partial charge on any atom is 0.324 e. The summed E-state index contributed by atoms with van der Waals surface area (Å²) in [5, 5.41) is 2.33. The number of nitrogens with zero attached hydrogens (tertiary/aromatic N) is 2. The Labute approximate surface area is 101 Å². The van der Waals surface area contributed by atoms with Crippen molar-refractivity contribution in [2.45, 2.75) is 19.4 Å². The molecule has 1 saturated heterocycles. The molecular weight excluding hydrogens is 230 g/mol. The first-order chi connectivity index (χ1) is 7.54. The molecule has 0 aromatic rings. The minimum Gasteiger partial charge on any atom is -0.322 e. The molecule has 1 aliphatic rings. The molecule has 0 aromatic heterocycles. The molecule has 1 N–H and O–H groups in total. The average molecular weight is 248 g/mol. The molecule has 0 radical (unpaired) electrons. The Morgan fingerprint density at radius 3 is 2.69 bits per heavy atom. The van der Waals surface area contributed by atoms with Gasteiger partial charge in [0.25, 0.3) is 0 Å². The van der Waals surface area contributed by atoms with Crippen LogP contribution in [0.25, 0.3) is 0 Å². The van der Waals surface area contributed by atoms with Crippen LogP contribution in [-0.4, -0.2) is 60.3 Å². The highest BCUT2D eigenvalue weighted by Gasteiger charge is 2.24. The Hall–Kier alpha value is -0.810. The highest BCUT2D eigenvalue weighted by atomic mass is 35.5. The van der Waals surface area contributed by atoms with Gasteiger partial charge in [0.15, 0.2) is 0 Å². The van der Waals surface area contributed by atoms with E-state index in [9.17, 15) is 9.59 Å². The largest absolute Gasteiger partial charge is 0.324 e. The number of likely N-dealkylation sites (N-methyl/N-ethyl adjacent to an activating group) is 1. The zero-order valence-corrected chi connectivity index (χ0v) is 10.5. The van der Waals surface area contributed by atoms with Gasteiger partial charge >= 0.3 is 6.03 Å². The van der Waals surface area contributed by atoms with Crippen LogP contribution >= 0.6 is 11.6 Å². The van der Waals surface area contributed by atoms with Crippen LogP contribution < -0.4 is 5.32 Å². The SMILES string of the molecule is CC1CN(C(=O)NC(=O)CCCl)CCN1C. The van der Waals surface area contributed by atoms with Crippen LogP contribution in [0.3, 0.4) is 0 Å². The Morgan fingerprint density at radius 2 is 2.12 bits per heavy atom. The van der Waals surface area contributed by atoms with Gasteiger partial charge in [-0.3, -0.25) is 10.1 Å². The summed E-state index contributed by atoms with van der Waals surface area (Å²) >= 11 is 5.42. The lowest BCUT2D eigenvalue weighted by atomic mass is 10.2. The topological polar surface area (TPSA) is 52.7 Å². The quantitative estimate of drug-likeness (QED) is 0.723. The van der Waals surface area contributed by atoms with Crippen LogP contribution in [0.5, 0.6) is 0 Å². The van der Waals surface area contributed by atoms with Gasteiger partial charge in [-0.1, -0.05) is 0 Å². The highest BCUT2D eigenvalue weighted by Crippen LogP contribution is 2.06. The van der Waals surface area contributed by atoms with E-state index in [-0.39, 0.29) is 24.2 Å². The van der Waals surface area contributed by atoms with Crippen LogP contribution in [0, 0.1) is 0 Å². The molecule has 5 nitrogen and oxygen atoms in total. The number of carbonyl (C=O) groups excluding carboxylic acids is 2. The van der Waals surface area contributed by atoms with E-state index in [0.29, 0.717) is 19.1 Å². The number of nitrogens with one attached hydrogen (secondary N) is 1. The lowest BCUT2D eigenvalue weighted by Crippen LogP contribution is -2.55. The van der Waals surface area contributed by atoms with E-state index in [1.54, 1.807) is 4.90 Å². The van der Waals surface area contributed by atoms with E-state index >= 15 is 0 Å². The molecule has 0 spiro atoms. The van der Waals surface area contributed by atoms with Gasteiger partial charge in [0.2, 0.25) is 5.91 Å². The van der Waals surface area contributed by atoms with Crippen LogP contribution in [0.4, 0.5) is 4.79 Å². The second-order valence-corrected chi connectivity index (χ2v) is 4.45. The molecular formula is C10H18ClN3O2. The predicted octanol–water partition coefficient (Wildman–Crippen LogP) is 0.487. The Balaban J connectivity index is 2.40. The number of rotatable bonds is 2. The first-order valence-electron chi connectivity index (χ1n) is 5.39. The maximum absolute atomic E-state index is 11.7. The van der Waals surface area contributed by atoms with Crippen molar-refractivity contribution in [3.63, 3.8) is 0 Å². The molecule has 0 saturated carbocycles. The lowest BCUT2D eigenvalue weighted by Gasteiger charge is -2.37. The van der Waals surface area contributed by atoms with Crippen molar-refractivity contribution in [3.05, 3.63) is 0 Å². The minimum absolute atomic E-state index is 0.177. The van der Waals surface area contributed by atoms with Crippen LogP contribution in [-0.2, 0) is 4.79 Å². The maximum atomic E-state index is 11.7. The van der Waals surface area contributed by atoms with Crippen molar-refractivity contribution in [3.8, 4) is 0 Å². The molecule has 92 valence electrons. The molecule has 0 bridgehead atoms. The van der Waals surface area contributed by atoms with Gasteiger partial charge < -0.3 is 9.80 Å². The molecule has 16 heavy (non-hydrogen) atoms. The van der Waals surface area contributed by atoms with E-state index in [1.165, 1.54) is 0 Å². The van der Waals surface area contributed by atoms with Crippen molar-refractivity contribution in [2.75, 3.05) is 32.6 Å². The minimum atomic E-state index is -0.313. The zero-order valence-electron chi connectivity index (χ0n) is 9.70. The van der Waals surface area contributed by atoms with Gasteiger partial charge in [-0.05, 0) is 14.0 Å². The summed E-state index contributed by atoms with van der Waals surface area (Å²) in [5.74, 6) is -0.0790. The van der Waals surface area contributed by atoms with Gasteiger partial charge in [0.1, 0.15) is 0 Å². The summed E-state index contributed by atoms with van der Waals surface area (Å²) in [5.41, 5.74) is 0. The van der Waals surface area contributed by atoms with Gasteiger partial charge in [-0.25, -0.2) is 4.79 Å². The molecule has 1 aliphatic heterocycles. The van der Waals surface area contributed by atoms with Crippen LogP contribution in [0.1, 0.15) is 13.3 Å². The summed E-state index contributed by atoms with van der Waals surface area (Å²) in [7, 11) is 2.03. The van der Waals surface area contributed by atoms with Crippen molar-refractivity contribution < 1.29 is 9.59 Å². The van der Waals surface area contributed by atoms with Crippen LogP contribution in [0.15, 0.2) is 0 Å². The van der Waals surface area contributed by atoms with E-state index in [4.69, 9.17) is 11.6 Å². The summed E-state index contributed by atoms with van der Waals surface area (Å²) in [6.45, 7) is 4.19. The van der Waals surface area contributed by atoms with E-state index in [0.717, 1.165) is 6.54 Å². The second kappa shape index (κ2) is 6.06. The zero-order chi connectivity index (χ0) is 12.1. The fourth-order valence-electron chi connectivity index (χ4n) is 1.58. The number of urea groups is 1. The number of alkyl halides is 1. The van der Waals surface area contributed by atoms with Crippen molar-refractivity contribution in [1.82, 2.24) is 15.1 Å². The Morgan fingerprint density at radius 1 is 1.44 bits per heavy atom. The predicted molar refractivity (Wildman–Crippen MR) is 62.5 cm³/mol. The summed E-state index contributed by atoms with van der Waals surface area (Å²) in [6, 6.07) is 0.0118. The summed E-state index contributed by atoms with van der Waals surface area (Å²) < 4.78 is 0. The van der Waals surface area contributed by atoms with E-state index in [1.807, 2.05) is 7.05 Å². The molecule has 1 rings (SSSR count). The molecule has 1 unspecified atom stereocenters. The molecule has 1 heterocycles. The fraction of sp³-hybridized carbons (Fsp3) is 0.800. The van der Waals surface area contributed by atoms with E-state index in [2.05, 4.69) is 17.1 Å². The Bertz CT molecular complexity index is 273. The van der Waals surface area contributed by atoms with Crippen molar-refractivity contribution in [2.24, 2.45) is 0 Å². The van der Waals surface area contributed by atoms with Gasteiger partial charge in [-0.2, -0.15) is 0 Å². The molecule has 1 atom stereocenters. The second-order valence-electron chi connectivity index (χ2n) is 4.07. The average Bonchev–Trinajstić information content (AvgIpc) is 2.22. The summed E-state index contributed by atoms with van der Waals surface area (Å²) in [6.07, 6.45) is 0.177. The smallest absolute Gasteiger partial charge is 0.322 e. The van der Waals surface area contributed by atoms with Crippen LogP contribution in [0.2, 0.25) is 0 Å². The van der Waals surface area contributed by atoms with Crippen molar-refractivity contribution >= 4 is 23.5 Å². The first-order valence-corrected chi connectivity index (χ1v) is 5.93. The Kier molecular flexibility index (Phi) is 5.02. The molecule has 1 fully saturated rings. The highest BCUT2D eigenvalue weighted by molar-refractivity contribution is 6.19. The van der Waals surface area contributed by atoms with E-state index < -0.39 is 0 Å². The monoisotopic (exact) mass is 247 g/mol. The lowest BCUT2D eigenvalue weighted by molar-refractivity contribution is -0.119.